The second kappa shape index (κ2) is 5.59. The first-order valence-electron chi connectivity index (χ1n) is 6.47. The lowest BCUT2D eigenvalue weighted by Gasteiger charge is -2.36. The lowest BCUT2D eigenvalue weighted by atomic mass is 9.88. The lowest BCUT2D eigenvalue weighted by molar-refractivity contribution is -0.191. The molecule has 0 amide bonds. The molecule has 1 heterocycles. The molecule has 1 aliphatic heterocycles. The summed E-state index contributed by atoms with van der Waals surface area (Å²) in [6.45, 7) is 6.02. The van der Waals surface area contributed by atoms with Crippen LogP contribution in [0.3, 0.4) is 0 Å². The van der Waals surface area contributed by atoms with Gasteiger partial charge < -0.3 is 4.79 Å². The average molecular weight is 265 g/mol. The molecule has 0 N–H and O–H groups in total. The molecule has 1 unspecified atom stereocenters. The van der Waals surface area contributed by atoms with E-state index in [0.717, 1.165) is 12.8 Å². The fraction of sp³-hybridized carbons (Fsp3) is 0.923. The average Bonchev–Trinajstić information content (AvgIpc) is 2.47. The Morgan fingerprint density at radius 1 is 1.33 bits per heavy atom. The number of Topliss-reactive ketones (excluding diaryl/α,β-unsaturated/α-hetero) is 1. The summed E-state index contributed by atoms with van der Waals surface area (Å²) in [5, 5.41) is 0. The van der Waals surface area contributed by atoms with E-state index in [-0.39, 0.29) is 12.2 Å². The quantitative estimate of drug-likeness (QED) is 0.710. The maximum atomic E-state index is 12.9. The molecular weight excluding hydrogens is 243 g/mol. The van der Waals surface area contributed by atoms with Crippen LogP contribution in [0.15, 0.2) is 0 Å². The van der Waals surface area contributed by atoms with Crippen LogP contribution in [0.2, 0.25) is 0 Å². The Kier molecular flexibility index (Phi) is 4.81. The van der Waals surface area contributed by atoms with Gasteiger partial charge in [0.15, 0.2) is 0 Å². The summed E-state index contributed by atoms with van der Waals surface area (Å²) in [7, 11) is 0. The summed E-state index contributed by atoms with van der Waals surface area (Å²) in [6.07, 6.45) is -1.86. The van der Waals surface area contributed by atoms with Crippen molar-refractivity contribution in [3.8, 4) is 0 Å². The molecule has 1 atom stereocenters. The molecule has 0 bridgehead atoms. The fourth-order valence-corrected chi connectivity index (χ4v) is 2.79. The van der Waals surface area contributed by atoms with Gasteiger partial charge in [0.2, 0.25) is 0 Å². The number of halogens is 3. The van der Waals surface area contributed by atoms with E-state index in [1.807, 2.05) is 4.90 Å². The molecule has 1 aliphatic rings. The van der Waals surface area contributed by atoms with Gasteiger partial charge in [-0.3, -0.25) is 4.90 Å². The number of alkyl halides is 3. The standard InChI is InChI=1S/C13H22F3NO/c1-10(18)6-4-5-8-17-9-7-11(12(17,2)3)13(14,15)16/h11H,4-9H2,1-3H3. The van der Waals surface area contributed by atoms with Crippen LogP contribution < -0.4 is 0 Å². The maximum absolute atomic E-state index is 12.9. The predicted octanol–water partition coefficient (Wildman–Crippen LogP) is 3.41. The smallest absolute Gasteiger partial charge is 0.300 e. The lowest BCUT2D eigenvalue weighted by Crippen LogP contribution is -2.47. The highest BCUT2D eigenvalue weighted by Gasteiger charge is 2.54. The van der Waals surface area contributed by atoms with E-state index in [2.05, 4.69) is 0 Å². The summed E-state index contributed by atoms with van der Waals surface area (Å²) >= 11 is 0. The molecule has 0 aromatic carbocycles. The normalized spacial score (nSPS) is 24.4. The van der Waals surface area contributed by atoms with Gasteiger partial charge in [0.25, 0.3) is 0 Å². The number of likely N-dealkylation sites (tertiary alicyclic amines) is 1. The molecule has 0 aromatic heterocycles. The van der Waals surface area contributed by atoms with Gasteiger partial charge in [-0.25, -0.2) is 0 Å². The zero-order valence-electron chi connectivity index (χ0n) is 11.3. The van der Waals surface area contributed by atoms with Crippen LogP contribution in [0, 0.1) is 5.92 Å². The Hall–Kier alpha value is -0.580. The zero-order valence-corrected chi connectivity index (χ0v) is 11.3. The molecule has 0 saturated carbocycles. The van der Waals surface area contributed by atoms with E-state index in [1.54, 1.807) is 20.8 Å². The summed E-state index contributed by atoms with van der Waals surface area (Å²) in [6, 6.07) is 0. The van der Waals surface area contributed by atoms with Crippen LogP contribution in [0.4, 0.5) is 13.2 Å². The van der Waals surface area contributed by atoms with Crippen molar-refractivity contribution in [1.29, 1.82) is 0 Å². The second-order valence-electron chi connectivity index (χ2n) is 5.68. The molecule has 1 saturated heterocycles. The van der Waals surface area contributed by atoms with Crippen LogP contribution in [-0.2, 0) is 4.79 Å². The minimum Gasteiger partial charge on any atom is -0.300 e. The molecule has 1 fully saturated rings. The van der Waals surface area contributed by atoms with Crippen molar-refractivity contribution in [2.75, 3.05) is 13.1 Å². The first-order chi connectivity index (χ1) is 8.15. The summed E-state index contributed by atoms with van der Waals surface area (Å²) in [5.41, 5.74) is -0.825. The third-order valence-electron chi connectivity index (χ3n) is 3.96. The summed E-state index contributed by atoms with van der Waals surface area (Å²) < 4.78 is 38.6. The van der Waals surface area contributed by atoms with E-state index in [4.69, 9.17) is 0 Å². The third kappa shape index (κ3) is 3.70. The number of nitrogens with zero attached hydrogens (tertiary/aromatic N) is 1. The maximum Gasteiger partial charge on any atom is 0.393 e. The summed E-state index contributed by atoms with van der Waals surface area (Å²) in [4.78, 5) is 12.7. The number of carbonyl (C=O) groups excluding carboxylic acids is 1. The third-order valence-corrected chi connectivity index (χ3v) is 3.96. The Labute approximate surface area is 107 Å². The molecule has 5 heteroatoms. The van der Waals surface area contributed by atoms with Gasteiger partial charge in [-0.1, -0.05) is 0 Å². The number of unbranched alkanes of at least 4 members (excludes halogenated alkanes) is 1. The molecular formula is C13H22F3NO. The molecule has 18 heavy (non-hydrogen) atoms. The first kappa shape index (κ1) is 15.5. The van der Waals surface area contributed by atoms with Crippen molar-refractivity contribution in [3.63, 3.8) is 0 Å². The highest BCUT2D eigenvalue weighted by molar-refractivity contribution is 5.75. The van der Waals surface area contributed by atoms with Crippen molar-refractivity contribution < 1.29 is 18.0 Å². The Morgan fingerprint density at radius 2 is 1.94 bits per heavy atom. The number of rotatable bonds is 5. The van der Waals surface area contributed by atoms with E-state index >= 15 is 0 Å². The van der Waals surface area contributed by atoms with Crippen LogP contribution in [0.5, 0.6) is 0 Å². The highest BCUT2D eigenvalue weighted by atomic mass is 19.4. The Bertz CT molecular complexity index is 299. The Balaban J connectivity index is 2.47. The number of hydrogen-bond donors (Lipinski definition) is 0. The van der Waals surface area contributed by atoms with Gasteiger partial charge in [0.1, 0.15) is 5.78 Å². The predicted molar refractivity (Wildman–Crippen MR) is 64.3 cm³/mol. The van der Waals surface area contributed by atoms with Gasteiger partial charge in [-0.2, -0.15) is 13.2 Å². The van der Waals surface area contributed by atoms with Crippen molar-refractivity contribution in [3.05, 3.63) is 0 Å². The van der Waals surface area contributed by atoms with Crippen molar-refractivity contribution in [1.82, 2.24) is 4.90 Å². The fourth-order valence-electron chi connectivity index (χ4n) is 2.79. The van der Waals surface area contributed by atoms with E-state index in [9.17, 15) is 18.0 Å². The van der Waals surface area contributed by atoms with Crippen molar-refractivity contribution in [2.24, 2.45) is 5.92 Å². The van der Waals surface area contributed by atoms with Gasteiger partial charge >= 0.3 is 6.18 Å². The van der Waals surface area contributed by atoms with Crippen LogP contribution in [-0.4, -0.2) is 35.5 Å². The molecule has 0 aliphatic carbocycles. The van der Waals surface area contributed by atoms with E-state index in [0.29, 0.717) is 19.5 Å². The molecule has 1 rings (SSSR count). The number of carbonyl (C=O) groups is 1. The number of ketones is 1. The van der Waals surface area contributed by atoms with E-state index < -0.39 is 17.6 Å². The minimum atomic E-state index is -4.11. The van der Waals surface area contributed by atoms with Gasteiger partial charge in [-0.15, -0.1) is 0 Å². The molecule has 0 aromatic rings. The van der Waals surface area contributed by atoms with Gasteiger partial charge in [0, 0.05) is 12.0 Å². The van der Waals surface area contributed by atoms with Crippen molar-refractivity contribution >= 4 is 5.78 Å². The highest BCUT2D eigenvalue weighted by Crippen LogP contribution is 2.44. The Morgan fingerprint density at radius 3 is 2.39 bits per heavy atom. The van der Waals surface area contributed by atoms with E-state index in [1.165, 1.54) is 0 Å². The second-order valence-corrected chi connectivity index (χ2v) is 5.68. The SMILES string of the molecule is CC(=O)CCCCN1CCC(C(F)(F)F)C1(C)C. The van der Waals surface area contributed by atoms with Crippen LogP contribution in [0.25, 0.3) is 0 Å². The molecule has 0 spiro atoms. The first-order valence-corrected chi connectivity index (χ1v) is 6.47. The minimum absolute atomic E-state index is 0.142. The zero-order chi connectivity index (χ0) is 14.0. The summed E-state index contributed by atoms with van der Waals surface area (Å²) in [5.74, 6) is -1.10. The molecule has 0 radical (unpaired) electrons. The van der Waals surface area contributed by atoms with Crippen LogP contribution in [0.1, 0.15) is 46.5 Å². The van der Waals surface area contributed by atoms with Gasteiger partial charge in [-0.05, 0) is 53.1 Å². The monoisotopic (exact) mass is 265 g/mol. The van der Waals surface area contributed by atoms with Gasteiger partial charge in [0.05, 0.1) is 5.92 Å². The topological polar surface area (TPSA) is 20.3 Å². The largest absolute Gasteiger partial charge is 0.393 e. The molecule has 106 valence electrons. The molecule has 2 nitrogen and oxygen atoms in total. The van der Waals surface area contributed by atoms with Crippen molar-refractivity contribution in [2.45, 2.75) is 58.2 Å². The van der Waals surface area contributed by atoms with Crippen LogP contribution >= 0.6 is 0 Å². The number of hydrogen-bond acceptors (Lipinski definition) is 2.